The van der Waals surface area contributed by atoms with Crippen molar-refractivity contribution in [2.45, 2.75) is 6.92 Å². The van der Waals surface area contributed by atoms with E-state index >= 15 is 0 Å². The van der Waals surface area contributed by atoms with Gasteiger partial charge in [-0.2, -0.15) is 0 Å². The van der Waals surface area contributed by atoms with Crippen molar-refractivity contribution in [1.29, 1.82) is 0 Å². The average molecular weight is 403 g/mol. The average Bonchev–Trinajstić information content (AvgIpc) is 2.62. The van der Waals surface area contributed by atoms with Crippen molar-refractivity contribution in [2.24, 2.45) is 0 Å². The molecule has 0 fully saturated rings. The Morgan fingerprint density at radius 2 is 1.67 bits per heavy atom. The van der Waals surface area contributed by atoms with E-state index in [-0.39, 0.29) is 21.5 Å². The lowest BCUT2D eigenvalue weighted by Gasteiger charge is -2.19. The van der Waals surface area contributed by atoms with Gasteiger partial charge in [-0.1, -0.05) is 41.4 Å². The van der Waals surface area contributed by atoms with Gasteiger partial charge in [0.2, 0.25) is 5.91 Å². The summed E-state index contributed by atoms with van der Waals surface area (Å²) in [7, 11) is 1.62. The van der Waals surface area contributed by atoms with Gasteiger partial charge < -0.3 is 5.32 Å². The van der Waals surface area contributed by atoms with Gasteiger partial charge in [0.05, 0.1) is 32.5 Å². The van der Waals surface area contributed by atoms with E-state index < -0.39 is 5.91 Å². The third kappa shape index (κ3) is 3.97. The van der Waals surface area contributed by atoms with Crippen LogP contribution < -0.4 is 10.7 Å². The Labute approximate surface area is 166 Å². The standard InChI is InChI=1S/C19H16Cl2N4O2/c1-11(26)25(2)24-15-9-10-22-18-12(15)5-3-8-16(18)23-19(27)17-13(20)6-4-7-14(17)21/h3-10H,1-2H3,(H,22,24)(H,23,27). The molecule has 27 heavy (non-hydrogen) atoms. The van der Waals surface area contributed by atoms with Gasteiger partial charge in [0.1, 0.15) is 0 Å². The van der Waals surface area contributed by atoms with Gasteiger partial charge in [0.15, 0.2) is 0 Å². The molecule has 3 aromatic rings. The molecular formula is C19H16Cl2N4O2. The van der Waals surface area contributed by atoms with Crippen molar-refractivity contribution in [3.8, 4) is 0 Å². The second kappa shape index (κ2) is 7.82. The number of aromatic nitrogens is 1. The molecule has 1 aromatic heterocycles. The summed E-state index contributed by atoms with van der Waals surface area (Å²) in [6, 6.07) is 12.0. The predicted octanol–water partition coefficient (Wildman–Crippen LogP) is 4.60. The van der Waals surface area contributed by atoms with Crippen molar-refractivity contribution in [1.82, 2.24) is 9.99 Å². The summed E-state index contributed by atoms with van der Waals surface area (Å²) in [6.45, 7) is 1.45. The first kappa shape index (κ1) is 18.9. The van der Waals surface area contributed by atoms with Gasteiger partial charge >= 0.3 is 0 Å². The predicted molar refractivity (Wildman–Crippen MR) is 108 cm³/mol. The maximum absolute atomic E-state index is 12.7. The normalized spacial score (nSPS) is 10.5. The number of hydrogen-bond donors (Lipinski definition) is 2. The van der Waals surface area contributed by atoms with Crippen LogP contribution in [-0.4, -0.2) is 28.9 Å². The zero-order valence-electron chi connectivity index (χ0n) is 14.6. The second-order valence-corrected chi connectivity index (χ2v) is 6.62. The Morgan fingerprint density at radius 1 is 1.00 bits per heavy atom. The Kier molecular flexibility index (Phi) is 5.48. The molecule has 0 bridgehead atoms. The zero-order valence-corrected chi connectivity index (χ0v) is 16.1. The van der Waals surface area contributed by atoms with E-state index in [2.05, 4.69) is 15.7 Å². The molecule has 0 saturated carbocycles. The topological polar surface area (TPSA) is 74.3 Å². The monoisotopic (exact) mass is 402 g/mol. The Morgan fingerprint density at radius 3 is 2.33 bits per heavy atom. The molecule has 0 aliphatic heterocycles. The molecule has 0 aliphatic rings. The molecule has 8 heteroatoms. The maximum Gasteiger partial charge on any atom is 0.258 e. The molecule has 2 N–H and O–H groups in total. The van der Waals surface area contributed by atoms with Crippen LogP contribution in [0.15, 0.2) is 48.7 Å². The van der Waals surface area contributed by atoms with Crippen LogP contribution in [0.5, 0.6) is 0 Å². The molecule has 0 saturated heterocycles. The molecular weight excluding hydrogens is 387 g/mol. The quantitative estimate of drug-likeness (QED) is 0.625. The van der Waals surface area contributed by atoms with Gasteiger partial charge in [-0.05, 0) is 24.3 Å². The summed E-state index contributed by atoms with van der Waals surface area (Å²) < 4.78 is 0. The van der Waals surface area contributed by atoms with E-state index in [9.17, 15) is 9.59 Å². The molecule has 0 radical (unpaired) electrons. The molecule has 0 unspecified atom stereocenters. The number of carbonyl (C=O) groups excluding carboxylic acids is 2. The second-order valence-electron chi connectivity index (χ2n) is 5.80. The number of nitrogens with one attached hydrogen (secondary N) is 2. The number of nitrogens with zero attached hydrogens (tertiary/aromatic N) is 2. The Bertz CT molecular complexity index is 1020. The van der Waals surface area contributed by atoms with Crippen molar-refractivity contribution in [3.63, 3.8) is 0 Å². The zero-order chi connectivity index (χ0) is 19.6. The van der Waals surface area contributed by atoms with E-state index in [0.29, 0.717) is 16.9 Å². The molecule has 2 amide bonds. The molecule has 0 spiro atoms. The van der Waals surface area contributed by atoms with Crippen LogP contribution in [-0.2, 0) is 4.79 Å². The van der Waals surface area contributed by atoms with Crippen LogP contribution in [0.25, 0.3) is 10.9 Å². The molecule has 0 atom stereocenters. The molecule has 6 nitrogen and oxygen atoms in total. The fraction of sp³-hybridized carbons (Fsp3) is 0.105. The highest BCUT2D eigenvalue weighted by atomic mass is 35.5. The maximum atomic E-state index is 12.7. The van der Waals surface area contributed by atoms with Crippen LogP contribution in [0.2, 0.25) is 10.0 Å². The summed E-state index contributed by atoms with van der Waals surface area (Å²) in [4.78, 5) is 28.5. The Hall–Kier alpha value is -2.83. The van der Waals surface area contributed by atoms with Crippen LogP contribution in [0.3, 0.4) is 0 Å². The lowest BCUT2D eigenvalue weighted by molar-refractivity contribution is -0.126. The van der Waals surface area contributed by atoms with Crippen LogP contribution in [0.4, 0.5) is 11.4 Å². The minimum absolute atomic E-state index is 0.141. The van der Waals surface area contributed by atoms with E-state index in [1.54, 1.807) is 49.6 Å². The van der Waals surface area contributed by atoms with Crippen molar-refractivity contribution in [2.75, 3.05) is 17.8 Å². The highest BCUT2D eigenvalue weighted by Gasteiger charge is 2.16. The molecule has 3 rings (SSSR count). The highest BCUT2D eigenvalue weighted by molar-refractivity contribution is 6.40. The van der Waals surface area contributed by atoms with Gasteiger partial charge in [-0.15, -0.1) is 0 Å². The first-order valence-electron chi connectivity index (χ1n) is 8.02. The van der Waals surface area contributed by atoms with Gasteiger partial charge in [0, 0.05) is 25.6 Å². The third-order valence-corrected chi connectivity index (χ3v) is 4.60. The summed E-state index contributed by atoms with van der Waals surface area (Å²) >= 11 is 12.2. The number of fused-ring (bicyclic) bond motifs is 1. The number of halogens is 2. The molecule has 138 valence electrons. The van der Waals surface area contributed by atoms with Gasteiger partial charge in [0.25, 0.3) is 5.91 Å². The summed E-state index contributed by atoms with van der Waals surface area (Å²) in [5, 5.41) is 5.44. The van der Waals surface area contributed by atoms with E-state index in [4.69, 9.17) is 23.2 Å². The number of anilines is 2. The number of amides is 2. The summed E-state index contributed by atoms with van der Waals surface area (Å²) in [5.41, 5.74) is 4.95. The van der Waals surface area contributed by atoms with Crippen LogP contribution in [0, 0.1) is 0 Å². The molecule has 0 aliphatic carbocycles. The fourth-order valence-corrected chi connectivity index (χ4v) is 3.10. The van der Waals surface area contributed by atoms with E-state index in [1.165, 1.54) is 11.9 Å². The highest BCUT2D eigenvalue weighted by Crippen LogP contribution is 2.30. The first-order valence-corrected chi connectivity index (χ1v) is 8.78. The number of benzene rings is 2. The van der Waals surface area contributed by atoms with Crippen molar-refractivity contribution < 1.29 is 9.59 Å². The fourth-order valence-electron chi connectivity index (χ4n) is 2.53. The molecule has 2 aromatic carbocycles. The first-order chi connectivity index (χ1) is 12.9. The lowest BCUT2D eigenvalue weighted by Crippen LogP contribution is -2.30. The van der Waals surface area contributed by atoms with Crippen LogP contribution in [0.1, 0.15) is 17.3 Å². The lowest BCUT2D eigenvalue weighted by atomic mass is 10.1. The van der Waals surface area contributed by atoms with Gasteiger partial charge in [-0.25, -0.2) is 0 Å². The number of rotatable bonds is 4. The minimum atomic E-state index is -0.431. The third-order valence-electron chi connectivity index (χ3n) is 3.97. The van der Waals surface area contributed by atoms with Gasteiger partial charge in [-0.3, -0.25) is 25.0 Å². The van der Waals surface area contributed by atoms with E-state index in [0.717, 1.165) is 5.39 Å². The number of carbonyl (C=O) groups is 2. The summed E-state index contributed by atoms with van der Waals surface area (Å²) in [6.07, 6.45) is 1.59. The van der Waals surface area contributed by atoms with E-state index in [1.807, 2.05) is 6.07 Å². The Balaban J connectivity index is 1.99. The number of hydrogen-bond acceptors (Lipinski definition) is 4. The van der Waals surface area contributed by atoms with Crippen molar-refractivity contribution >= 4 is 57.3 Å². The number of para-hydroxylation sites is 1. The smallest absolute Gasteiger partial charge is 0.258 e. The number of pyridine rings is 1. The minimum Gasteiger partial charge on any atom is -0.320 e. The number of hydrazine groups is 1. The SMILES string of the molecule is CC(=O)N(C)Nc1ccnc2c(NC(=O)c3c(Cl)cccc3Cl)cccc12. The van der Waals surface area contributed by atoms with Crippen LogP contribution >= 0.6 is 23.2 Å². The molecule has 1 heterocycles. The summed E-state index contributed by atoms with van der Waals surface area (Å²) in [5.74, 6) is -0.572. The largest absolute Gasteiger partial charge is 0.320 e. The van der Waals surface area contributed by atoms with Crippen molar-refractivity contribution in [3.05, 3.63) is 64.3 Å².